The Bertz CT molecular complexity index is 850. The Morgan fingerprint density at radius 1 is 1.12 bits per heavy atom. The summed E-state index contributed by atoms with van der Waals surface area (Å²) in [5.74, 6) is 1.95. The highest BCUT2D eigenvalue weighted by molar-refractivity contribution is 5.90. The summed E-state index contributed by atoms with van der Waals surface area (Å²) in [6, 6.07) is 15.3. The minimum absolute atomic E-state index is 0.0491. The van der Waals surface area contributed by atoms with Crippen molar-refractivity contribution in [3.8, 4) is 5.75 Å². The standard InChI is InChI=1S/C19H22N4O2/c1-3-13(12-24)20-18-16-9-4-5-10-17(16)22-19(23-18)21-14-7-6-8-15(11-14)25-2/h4-11,13,24H,3,12H2,1-2H3,(H2,20,21,22,23). The lowest BCUT2D eigenvalue weighted by atomic mass is 10.2. The van der Waals surface area contributed by atoms with Gasteiger partial charge >= 0.3 is 0 Å². The minimum Gasteiger partial charge on any atom is -0.497 e. The highest BCUT2D eigenvalue weighted by atomic mass is 16.5. The number of methoxy groups -OCH3 is 1. The van der Waals surface area contributed by atoms with Crippen molar-refractivity contribution in [3.63, 3.8) is 0 Å². The van der Waals surface area contributed by atoms with Crippen LogP contribution < -0.4 is 15.4 Å². The molecule has 6 heteroatoms. The molecule has 0 spiro atoms. The lowest BCUT2D eigenvalue weighted by molar-refractivity contribution is 0.271. The average molecular weight is 338 g/mol. The number of rotatable bonds is 7. The van der Waals surface area contributed by atoms with E-state index in [9.17, 15) is 5.11 Å². The van der Waals surface area contributed by atoms with Gasteiger partial charge in [0, 0.05) is 17.1 Å². The molecule has 130 valence electrons. The van der Waals surface area contributed by atoms with Gasteiger partial charge in [-0.2, -0.15) is 4.98 Å². The van der Waals surface area contributed by atoms with Crippen LogP contribution in [0, 0.1) is 0 Å². The van der Waals surface area contributed by atoms with Gasteiger partial charge in [-0.1, -0.05) is 25.1 Å². The number of fused-ring (bicyclic) bond motifs is 1. The van der Waals surface area contributed by atoms with Gasteiger partial charge in [0.1, 0.15) is 11.6 Å². The van der Waals surface area contributed by atoms with Crippen molar-refractivity contribution in [2.24, 2.45) is 0 Å². The van der Waals surface area contributed by atoms with Crippen LogP contribution in [-0.2, 0) is 0 Å². The fraction of sp³-hybridized carbons (Fsp3) is 0.263. The van der Waals surface area contributed by atoms with Gasteiger partial charge in [-0.3, -0.25) is 0 Å². The first kappa shape index (κ1) is 17.0. The number of aliphatic hydroxyl groups is 1. The Kier molecular flexibility index (Phi) is 5.30. The Labute approximate surface area is 146 Å². The van der Waals surface area contributed by atoms with E-state index >= 15 is 0 Å². The molecule has 6 nitrogen and oxygen atoms in total. The van der Waals surface area contributed by atoms with Gasteiger partial charge in [0.05, 0.1) is 25.3 Å². The van der Waals surface area contributed by atoms with E-state index in [0.29, 0.717) is 11.8 Å². The maximum absolute atomic E-state index is 9.49. The van der Waals surface area contributed by atoms with Gasteiger partial charge in [0.2, 0.25) is 5.95 Å². The predicted molar refractivity (Wildman–Crippen MR) is 101 cm³/mol. The Morgan fingerprint density at radius 3 is 2.72 bits per heavy atom. The second kappa shape index (κ2) is 7.81. The van der Waals surface area contributed by atoms with Crippen molar-refractivity contribution >= 4 is 28.4 Å². The molecule has 0 saturated carbocycles. The molecule has 0 fully saturated rings. The molecule has 1 aromatic heterocycles. The summed E-state index contributed by atoms with van der Waals surface area (Å²) in [6.45, 7) is 2.07. The largest absolute Gasteiger partial charge is 0.497 e. The molecule has 0 aliphatic rings. The van der Waals surface area contributed by atoms with Crippen molar-refractivity contribution < 1.29 is 9.84 Å². The van der Waals surface area contributed by atoms with E-state index < -0.39 is 0 Å². The third-order valence-corrected chi connectivity index (χ3v) is 3.98. The summed E-state index contributed by atoms with van der Waals surface area (Å²) in [6.07, 6.45) is 0.799. The van der Waals surface area contributed by atoms with E-state index in [1.54, 1.807) is 7.11 Å². The van der Waals surface area contributed by atoms with Crippen LogP contribution >= 0.6 is 0 Å². The molecule has 0 radical (unpaired) electrons. The number of aliphatic hydroxyl groups excluding tert-OH is 1. The topological polar surface area (TPSA) is 79.3 Å². The number of para-hydroxylation sites is 1. The molecule has 0 bridgehead atoms. The zero-order valence-corrected chi connectivity index (χ0v) is 14.4. The maximum atomic E-state index is 9.49. The first-order chi connectivity index (χ1) is 12.2. The summed E-state index contributed by atoms with van der Waals surface area (Å²) in [4.78, 5) is 9.18. The summed E-state index contributed by atoms with van der Waals surface area (Å²) in [7, 11) is 1.63. The molecule has 1 heterocycles. The molecule has 3 N–H and O–H groups in total. The number of benzene rings is 2. The molecule has 1 atom stereocenters. The fourth-order valence-corrected chi connectivity index (χ4v) is 2.54. The SMILES string of the molecule is CCC(CO)Nc1nc(Nc2cccc(OC)c2)nc2ccccc12. The zero-order chi connectivity index (χ0) is 17.6. The number of nitrogens with zero attached hydrogens (tertiary/aromatic N) is 2. The normalized spacial score (nSPS) is 12.0. The first-order valence-corrected chi connectivity index (χ1v) is 8.28. The van der Waals surface area contributed by atoms with E-state index in [4.69, 9.17) is 4.74 Å². The average Bonchev–Trinajstić information content (AvgIpc) is 2.66. The predicted octanol–water partition coefficient (Wildman–Crippen LogP) is 3.56. The first-order valence-electron chi connectivity index (χ1n) is 8.28. The molecule has 1 unspecified atom stereocenters. The van der Waals surface area contributed by atoms with E-state index in [-0.39, 0.29) is 12.6 Å². The second-order valence-electron chi connectivity index (χ2n) is 5.70. The zero-order valence-electron chi connectivity index (χ0n) is 14.4. The van der Waals surface area contributed by atoms with Crippen LogP contribution in [0.3, 0.4) is 0 Å². The van der Waals surface area contributed by atoms with Crippen LogP contribution in [0.5, 0.6) is 5.75 Å². The molecule has 0 aliphatic heterocycles. The Hall–Kier alpha value is -2.86. The molecule has 0 amide bonds. The number of ether oxygens (including phenoxy) is 1. The number of anilines is 3. The van der Waals surface area contributed by atoms with Crippen molar-refractivity contribution in [1.29, 1.82) is 0 Å². The molecule has 3 aromatic rings. The molecule has 3 rings (SSSR count). The lowest BCUT2D eigenvalue weighted by Crippen LogP contribution is -2.23. The molecule has 2 aromatic carbocycles. The fourth-order valence-electron chi connectivity index (χ4n) is 2.54. The number of hydrogen-bond donors (Lipinski definition) is 3. The highest BCUT2D eigenvalue weighted by Gasteiger charge is 2.11. The van der Waals surface area contributed by atoms with Crippen LogP contribution in [0.2, 0.25) is 0 Å². The van der Waals surface area contributed by atoms with Crippen LogP contribution in [0.1, 0.15) is 13.3 Å². The van der Waals surface area contributed by atoms with Crippen molar-refractivity contribution in [1.82, 2.24) is 9.97 Å². The Balaban J connectivity index is 1.97. The monoisotopic (exact) mass is 338 g/mol. The molecular formula is C19H22N4O2. The van der Waals surface area contributed by atoms with Gasteiger partial charge in [0.25, 0.3) is 0 Å². The third kappa shape index (κ3) is 3.97. The smallest absolute Gasteiger partial charge is 0.229 e. The van der Waals surface area contributed by atoms with Crippen LogP contribution in [-0.4, -0.2) is 34.8 Å². The van der Waals surface area contributed by atoms with Crippen LogP contribution in [0.15, 0.2) is 48.5 Å². The number of nitrogens with one attached hydrogen (secondary N) is 2. The Morgan fingerprint density at radius 2 is 1.96 bits per heavy atom. The third-order valence-electron chi connectivity index (χ3n) is 3.98. The van der Waals surface area contributed by atoms with Crippen LogP contribution in [0.4, 0.5) is 17.5 Å². The van der Waals surface area contributed by atoms with Gasteiger partial charge < -0.3 is 20.5 Å². The minimum atomic E-state index is -0.0528. The van der Waals surface area contributed by atoms with E-state index in [1.807, 2.05) is 55.5 Å². The summed E-state index contributed by atoms with van der Waals surface area (Å²) in [5, 5.41) is 16.9. The van der Waals surface area contributed by atoms with Gasteiger partial charge in [-0.25, -0.2) is 4.98 Å². The van der Waals surface area contributed by atoms with E-state index in [0.717, 1.165) is 28.8 Å². The quantitative estimate of drug-likeness (QED) is 0.611. The molecular weight excluding hydrogens is 316 g/mol. The van der Waals surface area contributed by atoms with Gasteiger partial charge in [0.15, 0.2) is 0 Å². The lowest BCUT2D eigenvalue weighted by Gasteiger charge is -2.17. The van der Waals surface area contributed by atoms with Crippen molar-refractivity contribution in [2.45, 2.75) is 19.4 Å². The summed E-state index contributed by atoms with van der Waals surface area (Å²) >= 11 is 0. The number of aromatic nitrogens is 2. The van der Waals surface area contributed by atoms with Crippen LogP contribution in [0.25, 0.3) is 10.9 Å². The molecule has 0 aliphatic carbocycles. The van der Waals surface area contributed by atoms with Gasteiger partial charge in [-0.15, -0.1) is 0 Å². The van der Waals surface area contributed by atoms with Crippen molar-refractivity contribution in [3.05, 3.63) is 48.5 Å². The molecule has 0 saturated heterocycles. The summed E-state index contributed by atoms with van der Waals surface area (Å²) < 4.78 is 5.25. The summed E-state index contributed by atoms with van der Waals surface area (Å²) in [5.41, 5.74) is 1.67. The van der Waals surface area contributed by atoms with Gasteiger partial charge in [-0.05, 0) is 30.7 Å². The van der Waals surface area contributed by atoms with E-state index in [2.05, 4.69) is 20.6 Å². The van der Waals surface area contributed by atoms with E-state index in [1.165, 1.54) is 0 Å². The highest BCUT2D eigenvalue weighted by Crippen LogP contribution is 2.25. The van der Waals surface area contributed by atoms with Crippen molar-refractivity contribution in [2.75, 3.05) is 24.4 Å². The number of hydrogen-bond acceptors (Lipinski definition) is 6. The maximum Gasteiger partial charge on any atom is 0.229 e. The molecule has 25 heavy (non-hydrogen) atoms. The second-order valence-corrected chi connectivity index (χ2v) is 5.70.